The molecule has 0 spiro atoms. The number of hydrogen-bond donors (Lipinski definition) is 0. The van der Waals surface area contributed by atoms with E-state index in [2.05, 4.69) is 22.0 Å². The lowest BCUT2D eigenvalue weighted by molar-refractivity contribution is -0.134. The van der Waals surface area contributed by atoms with Crippen LogP contribution in [0.25, 0.3) is 11.6 Å². The normalized spacial score (nSPS) is 18.0. The Balaban J connectivity index is 1.49. The van der Waals surface area contributed by atoms with Gasteiger partial charge in [-0.05, 0) is 37.0 Å². The summed E-state index contributed by atoms with van der Waals surface area (Å²) in [4.78, 5) is 24.0. The van der Waals surface area contributed by atoms with Crippen LogP contribution in [0.1, 0.15) is 49.4 Å². The highest BCUT2D eigenvalue weighted by Crippen LogP contribution is 2.30. The molecule has 1 fully saturated rings. The highest BCUT2D eigenvalue weighted by Gasteiger charge is 2.31. The minimum absolute atomic E-state index is 0.0900. The molecule has 1 amide bonds. The van der Waals surface area contributed by atoms with Gasteiger partial charge in [0, 0.05) is 25.2 Å². The zero-order chi connectivity index (χ0) is 19.3. The predicted octanol–water partition coefficient (Wildman–Crippen LogP) is 4.03. The molecular weight excluding hydrogens is 352 g/mol. The summed E-state index contributed by atoms with van der Waals surface area (Å²) >= 11 is 0. The van der Waals surface area contributed by atoms with Crippen LogP contribution in [0.15, 0.2) is 59.3 Å². The molecule has 6 heteroatoms. The lowest BCUT2D eigenvalue weighted by Crippen LogP contribution is -2.41. The SMILES string of the molecule is CC[C@@H](C(=O)N1CCC[C@@H](c2noc(-c3ccccn3)n2)C1)c1ccccc1. The van der Waals surface area contributed by atoms with E-state index in [0.717, 1.165) is 31.4 Å². The second-order valence-electron chi connectivity index (χ2n) is 7.17. The molecule has 2 aromatic heterocycles. The van der Waals surface area contributed by atoms with E-state index in [4.69, 9.17) is 4.52 Å². The molecule has 0 bridgehead atoms. The van der Waals surface area contributed by atoms with E-state index >= 15 is 0 Å². The number of pyridine rings is 1. The van der Waals surface area contributed by atoms with Crippen LogP contribution < -0.4 is 0 Å². The summed E-state index contributed by atoms with van der Waals surface area (Å²) in [5.41, 5.74) is 1.74. The van der Waals surface area contributed by atoms with Gasteiger partial charge in [-0.15, -0.1) is 0 Å². The minimum atomic E-state index is -0.103. The average molecular weight is 376 g/mol. The summed E-state index contributed by atoms with van der Waals surface area (Å²) in [6.45, 7) is 3.47. The fraction of sp³-hybridized carbons (Fsp3) is 0.364. The quantitative estimate of drug-likeness (QED) is 0.672. The summed E-state index contributed by atoms with van der Waals surface area (Å²) < 4.78 is 5.41. The maximum Gasteiger partial charge on any atom is 0.276 e. The Hall–Kier alpha value is -3.02. The Kier molecular flexibility index (Phi) is 5.46. The second-order valence-corrected chi connectivity index (χ2v) is 7.17. The minimum Gasteiger partial charge on any atom is -0.341 e. The van der Waals surface area contributed by atoms with Gasteiger partial charge in [0.1, 0.15) is 5.69 Å². The summed E-state index contributed by atoms with van der Waals surface area (Å²) in [5, 5.41) is 4.17. The molecule has 1 aliphatic rings. The van der Waals surface area contributed by atoms with Gasteiger partial charge in [0.15, 0.2) is 5.82 Å². The maximum atomic E-state index is 13.2. The first-order valence-corrected chi connectivity index (χ1v) is 9.85. The third kappa shape index (κ3) is 3.81. The molecule has 0 N–H and O–H groups in total. The van der Waals surface area contributed by atoms with Gasteiger partial charge >= 0.3 is 0 Å². The van der Waals surface area contributed by atoms with E-state index in [-0.39, 0.29) is 17.7 Å². The smallest absolute Gasteiger partial charge is 0.276 e. The highest BCUT2D eigenvalue weighted by atomic mass is 16.5. The standard InChI is InChI=1S/C22H24N4O2/c1-2-18(16-9-4-3-5-10-16)22(27)26-14-8-11-17(15-26)20-24-21(28-25-20)19-12-6-7-13-23-19/h3-7,9-10,12-13,17-18H,2,8,11,14-15H2,1H3/t17-,18-/m1/s1. The van der Waals surface area contributed by atoms with Crippen LogP contribution in [-0.4, -0.2) is 39.0 Å². The molecule has 1 aliphatic heterocycles. The Morgan fingerprint density at radius 1 is 1.21 bits per heavy atom. The van der Waals surface area contributed by atoms with Crippen molar-refractivity contribution in [1.82, 2.24) is 20.0 Å². The number of benzene rings is 1. The van der Waals surface area contributed by atoms with E-state index in [1.165, 1.54) is 0 Å². The number of rotatable bonds is 5. The van der Waals surface area contributed by atoms with Crippen molar-refractivity contribution in [3.63, 3.8) is 0 Å². The summed E-state index contributed by atoms with van der Waals surface area (Å²) in [7, 11) is 0. The van der Waals surface area contributed by atoms with Gasteiger partial charge in [0.05, 0.1) is 5.92 Å². The van der Waals surface area contributed by atoms with Crippen LogP contribution in [0.2, 0.25) is 0 Å². The third-order valence-corrected chi connectivity index (χ3v) is 5.33. The Labute approximate surface area is 164 Å². The molecule has 3 heterocycles. The number of carbonyl (C=O) groups excluding carboxylic acids is 1. The average Bonchev–Trinajstić information content (AvgIpc) is 3.26. The molecule has 6 nitrogen and oxygen atoms in total. The van der Waals surface area contributed by atoms with Gasteiger partial charge in [0.2, 0.25) is 5.91 Å². The van der Waals surface area contributed by atoms with Gasteiger partial charge in [0.25, 0.3) is 5.89 Å². The number of piperidine rings is 1. The van der Waals surface area contributed by atoms with Crippen molar-refractivity contribution in [2.75, 3.05) is 13.1 Å². The number of likely N-dealkylation sites (tertiary alicyclic amines) is 1. The van der Waals surface area contributed by atoms with Crippen molar-refractivity contribution in [2.24, 2.45) is 0 Å². The molecule has 144 valence electrons. The highest BCUT2D eigenvalue weighted by molar-refractivity contribution is 5.83. The first-order chi connectivity index (χ1) is 13.8. The molecular formula is C22H24N4O2. The van der Waals surface area contributed by atoms with Crippen LogP contribution in [-0.2, 0) is 4.79 Å². The summed E-state index contributed by atoms with van der Waals surface area (Å²) in [6.07, 6.45) is 4.38. The lowest BCUT2D eigenvalue weighted by Gasteiger charge is -2.33. The number of amides is 1. The van der Waals surface area contributed by atoms with Gasteiger partial charge in [-0.1, -0.05) is 48.5 Å². The van der Waals surface area contributed by atoms with Crippen LogP contribution in [0.3, 0.4) is 0 Å². The fourth-order valence-electron chi connectivity index (χ4n) is 3.84. The molecule has 2 atom stereocenters. The molecule has 0 aliphatic carbocycles. The predicted molar refractivity (Wildman–Crippen MR) is 106 cm³/mol. The van der Waals surface area contributed by atoms with Crippen molar-refractivity contribution in [2.45, 2.75) is 38.0 Å². The van der Waals surface area contributed by atoms with Crippen molar-refractivity contribution in [3.05, 3.63) is 66.1 Å². The topological polar surface area (TPSA) is 72.1 Å². The molecule has 0 saturated carbocycles. The number of nitrogens with zero attached hydrogens (tertiary/aromatic N) is 4. The molecule has 1 saturated heterocycles. The van der Waals surface area contributed by atoms with Gasteiger partial charge in [-0.25, -0.2) is 0 Å². The Morgan fingerprint density at radius 3 is 2.79 bits per heavy atom. The number of carbonyl (C=O) groups is 1. The van der Waals surface area contributed by atoms with Crippen molar-refractivity contribution in [3.8, 4) is 11.6 Å². The van der Waals surface area contributed by atoms with Gasteiger partial charge < -0.3 is 9.42 Å². The Morgan fingerprint density at radius 2 is 2.04 bits per heavy atom. The van der Waals surface area contributed by atoms with E-state index in [1.807, 2.05) is 53.4 Å². The van der Waals surface area contributed by atoms with E-state index in [0.29, 0.717) is 24.0 Å². The van der Waals surface area contributed by atoms with Crippen molar-refractivity contribution in [1.29, 1.82) is 0 Å². The summed E-state index contributed by atoms with van der Waals surface area (Å²) in [5.74, 6) is 1.26. The third-order valence-electron chi connectivity index (χ3n) is 5.33. The van der Waals surface area contributed by atoms with E-state index < -0.39 is 0 Å². The lowest BCUT2D eigenvalue weighted by atomic mass is 9.92. The molecule has 0 radical (unpaired) electrons. The second kappa shape index (κ2) is 8.33. The number of aromatic nitrogens is 3. The largest absolute Gasteiger partial charge is 0.341 e. The van der Waals surface area contributed by atoms with Gasteiger partial charge in [-0.3, -0.25) is 9.78 Å². The molecule has 0 unspecified atom stereocenters. The van der Waals surface area contributed by atoms with Crippen molar-refractivity contribution >= 4 is 5.91 Å². The van der Waals surface area contributed by atoms with Crippen LogP contribution in [0.5, 0.6) is 0 Å². The zero-order valence-corrected chi connectivity index (χ0v) is 16.0. The van der Waals surface area contributed by atoms with Crippen molar-refractivity contribution < 1.29 is 9.32 Å². The van der Waals surface area contributed by atoms with E-state index in [9.17, 15) is 4.79 Å². The first kappa shape index (κ1) is 18.3. The zero-order valence-electron chi connectivity index (χ0n) is 16.0. The van der Waals surface area contributed by atoms with Crippen LogP contribution in [0, 0.1) is 0 Å². The molecule has 1 aromatic carbocycles. The monoisotopic (exact) mass is 376 g/mol. The first-order valence-electron chi connectivity index (χ1n) is 9.85. The molecule has 4 rings (SSSR count). The van der Waals surface area contributed by atoms with Crippen LogP contribution >= 0.6 is 0 Å². The summed E-state index contributed by atoms with van der Waals surface area (Å²) in [6, 6.07) is 15.6. The molecule has 28 heavy (non-hydrogen) atoms. The molecule has 3 aromatic rings. The van der Waals surface area contributed by atoms with Gasteiger partial charge in [-0.2, -0.15) is 4.98 Å². The number of hydrogen-bond acceptors (Lipinski definition) is 5. The maximum absolute atomic E-state index is 13.2. The van der Waals surface area contributed by atoms with E-state index in [1.54, 1.807) is 6.20 Å². The van der Waals surface area contributed by atoms with Crippen LogP contribution in [0.4, 0.5) is 0 Å². The fourth-order valence-corrected chi connectivity index (χ4v) is 3.84. The Bertz CT molecular complexity index is 911.